The number of nitrogens with zero attached hydrogens (tertiary/aromatic N) is 5. The molecule has 26 heavy (non-hydrogen) atoms. The number of aromatic nitrogens is 2. The predicted octanol–water partition coefficient (Wildman–Crippen LogP) is 2.64. The minimum atomic E-state index is -0.0958. The highest BCUT2D eigenvalue weighted by Gasteiger charge is 2.28. The summed E-state index contributed by atoms with van der Waals surface area (Å²) in [7, 11) is 0. The van der Waals surface area contributed by atoms with Crippen molar-refractivity contribution in [1.29, 1.82) is 5.26 Å². The van der Waals surface area contributed by atoms with E-state index in [1.807, 2.05) is 29.2 Å². The summed E-state index contributed by atoms with van der Waals surface area (Å²) in [5, 5.41) is 21.6. The number of piperazine rings is 1. The Bertz CT molecular complexity index is 815. The molecule has 2 fully saturated rings. The smallest absolute Gasteiger partial charge is 0.322 e. The molecule has 134 valence electrons. The molecule has 8 heteroatoms. The number of rotatable bonds is 4. The predicted molar refractivity (Wildman–Crippen MR) is 98.9 cm³/mol. The zero-order valence-corrected chi connectivity index (χ0v) is 15.2. The van der Waals surface area contributed by atoms with Gasteiger partial charge in [-0.3, -0.25) is 10.2 Å². The molecule has 1 saturated heterocycles. The van der Waals surface area contributed by atoms with Crippen molar-refractivity contribution >= 4 is 22.5 Å². The number of carbonyl (C=O) groups is 1. The SMILES string of the molecule is N#Cc1ccc(CN2CCN(C(=O)Nc3nnc(C4CC4)s3)CC2)cc1. The van der Waals surface area contributed by atoms with Crippen molar-refractivity contribution in [1.82, 2.24) is 20.0 Å². The summed E-state index contributed by atoms with van der Waals surface area (Å²) in [4.78, 5) is 16.5. The molecule has 0 bridgehead atoms. The minimum absolute atomic E-state index is 0.0958. The fraction of sp³-hybridized carbons (Fsp3) is 0.444. The summed E-state index contributed by atoms with van der Waals surface area (Å²) in [6.45, 7) is 3.88. The van der Waals surface area contributed by atoms with Crippen molar-refractivity contribution < 1.29 is 4.79 Å². The van der Waals surface area contributed by atoms with Gasteiger partial charge in [-0.1, -0.05) is 23.5 Å². The van der Waals surface area contributed by atoms with Gasteiger partial charge in [-0.05, 0) is 30.5 Å². The number of amides is 2. The first kappa shape index (κ1) is 16.9. The van der Waals surface area contributed by atoms with Crippen molar-refractivity contribution in [2.75, 3.05) is 31.5 Å². The molecule has 1 aliphatic heterocycles. The van der Waals surface area contributed by atoms with E-state index >= 15 is 0 Å². The Hall–Kier alpha value is -2.50. The molecule has 2 aromatic rings. The molecule has 1 aliphatic carbocycles. The molecule has 1 saturated carbocycles. The molecule has 2 aliphatic rings. The Morgan fingerprint density at radius 1 is 1.19 bits per heavy atom. The third-order valence-corrected chi connectivity index (χ3v) is 5.73. The van der Waals surface area contributed by atoms with E-state index in [9.17, 15) is 4.79 Å². The van der Waals surface area contributed by atoms with Crippen LogP contribution in [0, 0.1) is 11.3 Å². The normalized spacial score (nSPS) is 17.7. The van der Waals surface area contributed by atoms with Gasteiger partial charge in [-0.25, -0.2) is 4.79 Å². The van der Waals surface area contributed by atoms with Crippen molar-refractivity contribution in [3.8, 4) is 6.07 Å². The van der Waals surface area contributed by atoms with Gasteiger partial charge in [0.05, 0.1) is 11.6 Å². The molecule has 2 heterocycles. The fourth-order valence-electron chi connectivity index (χ4n) is 3.00. The number of benzene rings is 1. The van der Waals surface area contributed by atoms with Crippen LogP contribution in [0.15, 0.2) is 24.3 Å². The molecule has 1 aromatic carbocycles. The van der Waals surface area contributed by atoms with E-state index in [0.29, 0.717) is 29.7 Å². The zero-order chi connectivity index (χ0) is 17.9. The number of carbonyl (C=O) groups excluding carboxylic acids is 1. The van der Waals surface area contributed by atoms with Gasteiger partial charge in [0.15, 0.2) is 0 Å². The van der Waals surface area contributed by atoms with Crippen molar-refractivity contribution in [3.05, 3.63) is 40.4 Å². The molecule has 2 amide bonds. The topological polar surface area (TPSA) is 85.2 Å². The zero-order valence-electron chi connectivity index (χ0n) is 14.4. The third-order valence-electron chi connectivity index (χ3n) is 4.73. The van der Waals surface area contributed by atoms with Gasteiger partial charge in [-0.2, -0.15) is 5.26 Å². The monoisotopic (exact) mass is 368 g/mol. The Kier molecular flexibility index (Phi) is 4.82. The van der Waals surface area contributed by atoms with E-state index in [-0.39, 0.29) is 6.03 Å². The standard InChI is InChI=1S/C18H20N6OS/c19-11-13-1-3-14(4-2-13)12-23-7-9-24(10-8-23)18(25)20-17-22-21-16(26-17)15-5-6-15/h1-4,15H,5-10,12H2,(H,20,22,25). The Morgan fingerprint density at radius 3 is 2.58 bits per heavy atom. The fourth-order valence-corrected chi connectivity index (χ4v) is 3.90. The quantitative estimate of drug-likeness (QED) is 0.897. The van der Waals surface area contributed by atoms with Gasteiger partial charge in [0.25, 0.3) is 0 Å². The molecular weight excluding hydrogens is 348 g/mol. The summed E-state index contributed by atoms with van der Waals surface area (Å²) in [6, 6.07) is 9.71. The van der Waals surface area contributed by atoms with Crippen LogP contribution in [0.2, 0.25) is 0 Å². The van der Waals surface area contributed by atoms with Crippen LogP contribution in [0.1, 0.15) is 34.9 Å². The second-order valence-corrected chi connectivity index (χ2v) is 7.73. The lowest BCUT2D eigenvalue weighted by molar-refractivity contribution is 0.143. The maximum Gasteiger partial charge on any atom is 0.323 e. The van der Waals surface area contributed by atoms with Crippen molar-refractivity contribution in [2.24, 2.45) is 0 Å². The lowest BCUT2D eigenvalue weighted by atomic mass is 10.1. The Labute approximate surface area is 156 Å². The molecule has 0 radical (unpaired) electrons. The Balaban J connectivity index is 1.25. The van der Waals surface area contributed by atoms with Gasteiger partial charge < -0.3 is 4.90 Å². The van der Waals surface area contributed by atoms with Gasteiger partial charge in [0.1, 0.15) is 5.01 Å². The first-order valence-electron chi connectivity index (χ1n) is 8.82. The largest absolute Gasteiger partial charge is 0.323 e. The molecule has 4 rings (SSSR count). The van der Waals surface area contributed by atoms with Gasteiger partial charge in [0, 0.05) is 38.6 Å². The van der Waals surface area contributed by atoms with E-state index in [1.165, 1.54) is 29.7 Å². The summed E-state index contributed by atoms with van der Waals surface area (Å²) < 4.78 is 0. The molecule has 0 unspecified atom stereocenters. The second kappa shape index (κ2) is 7.40. The van der Waals surface area contributed by atoms with E-state index in [2.05, 4.69) is 26.5 Å². The van der Waals surface area contributed by atoms with Gasteiger partial charge in [-0.15, -0.1) is 10.2 Å². The van der Waals surface area contributed by atoms with Crippen molar-refractivity contribution in [3.63, 3.8) is 0 Å². The minimum Gasteiger partial charge on any atom is -0.322 e. The van der Waals surface area contributed by atoms with Crippen molar-refractivity contribution in [2.45, 2.75) is 25.3 Å². The summed E-state index contributed by atoms with van der Waals surface area (Å²) >= 11 is 1.49. The third kappa shape index (κ3) is 4.00. The maximum absolute atomic E-state index is 12.4. The highest BCUT2D eigenvalue weighted by Crippen LogP contribution is 2.42. The van der Waals surface area contributed by atoms with Crippen LogP contribution >= 0.6 is 11.3 Å². The first-order valence-corrected chi connectivity index (χ1v) is 9.63. The van der Waals surface area contributed by atoms with Crippen LogP contribution in [0.5, 0.6) is 0 Å². The number of hydrogen-bond donors (Lipinski definition) is 1. The second-order valence-electron chi connectivity index (χ2n) is 6.72. The van der Waals surface area contributed by atoms with Crippen LogP contribution in [-0.4, -0.2) is 52.2 Å². The molecule has 1 aromatic heterocycles. The lowest BCUT2D eigenvalue weighted by Gasteiger charge is -2.34. The molecular formula is C18H20N6OS. The highest BCUT2D eigenvalue weighted by atomic mass is 32.1. The summed E-state index contributed by atoms with van der Waals surface area (Å²) in [6.07, 6.45) is 2.37. The van der Waals surface area contributed by atoms with Crippen LogP contribution in [0.4, 0.5) is 9.93 Å². The van der Waals surface area contributed by atoms with E-state index in [1.54, 1.807) is 0 Å². The number of nitriles is 1. The highest BCUT2D eigenvalue weighted by molar-refractivity contribution is 7.15. The van der Waals surface area contributed by atoms with Crippen LogP contribution in [-0.2, 0) is 6.54 Å². The average molecular weight is 368 g/mol. The number of urea groups is 1. The summed E-state index contributed by atoms with van der Waals surface area (Å²) in [5.74, 6) is 0.559. The maximum atomic E-state index is 12.4. The number of nitrogens with one attached hydrogen (secondary N) is 1. The number of hydrogen-bond acceptors (Lipinski definition) is 6. The number of anilines is 1. The molecule has 1 N–H and O–H groups in total. The molecule has 0 atom stereocenters. The van der Waals surface area contributed by atoms with E-state index in [0.717, 1.165) is 24.6 Å². The van der Waals surface area contributed by atoms with Gasteiger partial charge in [0.2, 0.25) is 5.13 Å². The average Bonchev–Trinajstić information content (AvgIpc) is 3.42. The Morgan fingerprint density at radius 2 is 1.92 bits per heavy atom. The lowest BCUT2D eigenvalue weighted by Crippen LogP contribution is -2.49. The first-order chi connectivity index (χ1) is 12.7. The van der Waals surface area contributed by atoms with Crippen LogP contribution in [0.3, 0.4) is 0 Å². The van der Waals surface area contributed by atoms with E-state index in [4.69, 9.17) is 5.26 Å². The van der Waals surface area contributed by atoms with E-state index < -0.39 is 0 Å². The van der Waals surface area contributed by atoms with Crippen LogP contribution in [0.25, 0.3) is 0 Å². The van der Waals surface area contributed by atoms with Crippen LogP contribution < -0.4 is 5.32 Å². The molecule has 0 spiro atoms. The summed E-state index contributed by atoms with van der Waals surface area (Å²) in [5.41, 5.74) is 1.86. The molecule has 7 nitrogen and oxygen atoms in total. The van der Waals surface area contributed by atoms with Gasteiger partial charge >= 0.3 is 6.03 Å².